The van der Waals surface area contributed by atoms with E-state index in [1.165, 1.54) is 18.8 Å². The van der Waals surface area contributed by atoms with Crippen LogP contribution in [0.4, 0.5) is 0 Å². The van der Waals surface area contributed by atoms with Crippen LogP contribution >= 0.6 is 0 Å². The first-order valence-corrected chi connectivity index (χ1v) is 13.2. The van der Waals surface area contributed by atoms with Crippen molar-refractivity contribution in [3.63, 3.8) is 0 Å². The molecule has 1 atom stereocenters. The zero-order valence-electron chi connectivity index (χ0n) is 14.5. The summed E-state index contributed by atoms with van der Waals surface area (Å²) in [5, 5.41) is 0. The molecule has 4 rings (SSSR count). The molecule has 0 spiro atoms. The molecule has 0 nitrogen and oxygen atoms in total. The summed E-state index contributed by atoms with van der Waals surface area (Å²) in [7, 11) is 0. The molecule has 0 N–H and O–H groups in total. The van der Waals surface area contributed by atoms with Gasteiger partial charge in [-0.2, -0.15) is 0 Å². The molecule has 1 heteroatoms. The van der Waals surface area contributed by atoms with Gasteiger partial charge in [-0.25, -0.2) is 0 Å². The fourth-order valence-electron chi connectivity index (χ4n) is 4.20. The average molecular weight is 383 g/mol. The summed E-state index contributed by atoms with van der Waals surface area (Å²) >= 11 is -2.90. The Labute approximate surface area is 152 Å². The Morgan fingerprint density at radius 2 is 1.00 bits per heavy atom. The van der Waals surface area contributed by atoms with Crippen LogP contribution in [0.1, 0.15) is 6.92 Å². The van der Waals surface area contributed by atoms with Gasteiger partial charge in [0.25, 0.3) is 0 Å². The maximum absolute atomic E-state index is 2.90. The van der Waals surface area contributed by atoms with Crippen LogP contribution in [-0.2, 0) is 0 Å². The van der Waals surface area contributed by atoms with Crippen molar-refractivity contribution >= 4 is 26.5 Å². The van der Waals surface area contributed by atoms with Crippen molar-refractivity contribution in [1.82, 2.24) is 0 Å². The summed E-state index contributed by atoms with van der Waals surface area (Å²) < 4.78 is 5.05. The van der Waals surface area contributed by atoms with Crippen molar-refractivity contribution in [3.05, 3.63) is 115 Å². The van der Waals surface area contributed by atoms with Crippen LogP contribution in [-0.4, -0.2) is 13.3 Å². The summed E-state index contributed by atoms with van der Waals surface area (Å²) in [5.41, 5.74) is 1.48. The third-order valence-corrected chi connectivity index (χ3v) is 16.5. The normalized spacial score (nSPS) is 16.7. The molecule has 0 amide bonds. The van der Waals surface area contributed by atoms with Gasteiger partial charge in [-0.15, -0.1) is 0 Å². The van der Waals surface area contributed by atoms with Gasteiger partial charge in [0.1, 0.15) is 0 Å². The second-order valence-corrected chi connectivity index (χ2v) is 15.0. The van der Waals surface area contributed by atoms with Crippen molar-refractivity contribution in [3.8, 4) is 0 Å². The van der Waals surface area contributed by atoms with Gasteiger partial charge in [0, 0.05) is 0 Å². The van der Waals surface area contributed by atoms with Gasteiger partial charge in [0.05, 0.1) is 0 Å². The van der Waals surface area contributed by atoms with Gasteiger partial charge in [-0.3, -0.25) is 0 Å². The fraction of sp³-hybridized carbons (Fsp3) is 0.0833. The van der Waals surface area contributed by atoms with E-state index in [0.29, 0.717) is 4.75 Å². The predicted octanol–water partition coefficient (Wildman–Crippen LogP) is 4.04. The first-order chi connectivity index (χ1) is 12.3. The topological polar surface area (TPSA) is 0 Å². The third-order valence-electron chi connectivity index (χ3n) is 5.31. The van der Waals surface area contributed by atoms with Crippen LogP contribution in [0.15, 0.2) is 115 Å². The molecule has 0 bridgehead atoms. The molecular formula is C24H22Ge. The van der Waals surface area contributed by atoms with E-state index in [0.717, 1.165) is 0 Å². The maximum atomic E-state index is 2.43. The molecule has 0 aliphatic heterocycles. The third kappa shape index (κ3) is 2.71. The molecule has 0 saturated heterocycles. The van der Waals surface area contributed by atoms with Gasteiger partial charge in [-0.1, -0.05) is 0 Å². The Hall–Kier alpha value is -2.32. The van der Waals surface area contributed by atoms with Gasteiger partial charge < -0.3 is 0 Å². The standard InChI is InChI=1S/C24H22Ge/c1-20-12-11-19-24(20)25(21-13-5-2-6-14-21,22-15-7-3-8-16-22)23-17-9-4-10-18-23/h2-19,24H,1H3. The first-order valence-electron chi connectivity index (χ1n) is 8.85. The molecule has 1 unspecified atom stereocenters. The van der Waals surface area contributed by atoms with Crippen LogP contribution in [0.25, 0.3) is 0 Å². The molecule has 3 aromatic rings. The fourth-order valence-corrected chi connectivity index (χ4v) is 15.6. The molecule has 25 heavy (non-hydrogen) atoms. The van der Waals surface area contributed by atoms with Gasteiger partial charge in [0.15, 0.2) is 0 Å². The number of hydrogen-bond acceptors (Lipinski definition) is 0. The Bertz CT molecular complexity index is 796. The molecule has 3 aromatic carbocycles. The Morgan fingerprint density at radius 1 is 0.600 bits per heavy atom. The van der Waals surface area contributed by atoms with E-state index >= 15 is 0 Å². The zero-order valence-corrected chi connectivity index (χ0v) is 16.6. The van der Waals surface area contributed by atoms with Crippen LogP contribution in [0.3, 0.4) is 0 Å². The van der Waals surface area contributed by atoms with E-state index in [1.807, 2.05) is 0 Å². The molecule has 0 saturated carbocycles. The Balaban J connectivity index is 2.09. The number of benzene rings is 3. The SMILES string of the molecule is CC1=CC=C[CH]1[Ge]([c]1ccccc1)([c]1ccccc1)[c]1ccccc1. The molecule has 0 aromatic heterocycles. The van der Waals surface area contributed by atoms with Crippen LogP contribution in [0.5, 0.6) is 0 Å². The summed E-state index contributed by atoms with van der Waals surface area (Å²) in [6.45, 7) is 2.29. The summed E-state index contributed by atoms with van der Waals surface area (Å²) in [6, 6.07) is 33.6. The second-order valence-electron chi connectivity index (χ2n) is 6.68. The van der Waals surface area contributed by atoms with Gasteiger partial charge in [0.2, 0.25) is 0 Å². The van der Waals surface area contributed by atoms with Crippen molar-refractivity contribution < 1.29 is 0 Å². The number of allylic oxidation sites excluding steroid dienone is 4. The van der Waals surface area contributed by atoms with Crippen molar-refractivity contribution in [2.24, 2.45) is 0 Å². The van der Waals surface area contributed by atoms with Gasteiger partial charge >= 0.3 is 153 Å². The first kappa shape index (κ1) is 16.2. The quantitative estimate of drug-likeness (QED) is 0.597. The summed E-state index contributed by atoms with van der Waals surface area (Å²) in [6.07, 6.45) is 6.97. The summed E-state index contributed by atoms with van der Waals surface area (Å²) in [4.78, 5) is 0. The van der Waals surface area contributed by atoms with Crippen LogP contribution in [0.2, 0.25) is 4.75 Å². The molecule has 0 heterocycles. The minimum absolute atomic E-state index is 0.493. The zero-order chi connectivity index (χ0) is 17.1. The second kappa shape index (κ2) is 6.89. The van der Waals surface area contributed by atoms with E-state index < -0.39 is 13.3 Å². The van der Waals surface area contributed by atoms with E-state index in [4.69, 9.17) is 0 Å². The number of hydrogen-bond donors (Lipinski definition) is 0. The van der Waals surface area contributed by atoms with Gasteiger partial charge in [-0.05, 0) is 0 Å². The summed E-state index contributed by atoms with van der Waals surface area (Å²) in [5.74, 6) is 0. The molecular weight excluding hydrogens is 361 g/mol. The minimum atomic E-state index is -2.90. The van der Waals surface area contributed by atoms with E-state index in [-0.39, 0.29) is 0 Å². The van der Waals surface area contributed by atoms with Crippen molar-refractivity contribution in [2.45, 2.75) is 11.7 Å². The predicted molar refractivity (Wildman–Crippen MR) is 111 cm³/mol. The monoisotopic (exact) mass is 384 g/mol. The molecule has 0 fully saturated rings. The molecule has 0 radical (unpaired) electrons. The van der Waals surface area contributed by atoms with E-state index in [2.05, 4.69) is 116 Å². The van der Waals surface area contributed by atoms with Crippen molar-refractivity contribution in [2.75, 3.05) is 0 Å². The van der Waals surface area contributed by atoms with Crippen molar-refractivity contribution in [1.29, 1.82) is 0 Å². The molecule has 122 valence electrons. The van der Waals surface area contributed by atoms with Crippen LogP contribution in [0, 0.1) is 0 Å². The average Bonchev–Trinajstić information content (AvgIpc) is 3.12. The Kier molecular flexibility index (Phi) is 4.46. The van der Waals surface area contributed by atoms with Crippen LogP contribution < -0.4 is 13.2 Å². The molecule has 1 aliphatic rings. The van der Waals surface area contributed by atoms with E-state index in [1.54, 1.807) is 0 Å². The number of rotatable bonds is 4. The molecule has 1 aliphatic carbocycles. The Morgan fingerprint density at radius 3 is 1.32 bits per heavy atom. The van der Waals surface area contributed by atoms with E-state index in [9.17, 15) is 0 Å².